The number of hydrogen-bond donors (Lipinski definition) is 0. The van der Waals surface area contributed by atoms with E-state index < -0.39 is 0 Å². The topological polar surface area (TPSA) is 15.6 Å². The Balaban J connectivity index is 2.07. The number of benzene rings is 2. The molecule has 0 amide bonds. The molecule has 0 atom stereocenters. The average Bonchev–Trinajstić information content (AvgIpc) is 2.73. The molecule has 0 spiro atoms. The summed E-state index contributed by atoms with van der Waals surface area (Å²) < 4.78 is 0. The number of aliphatic imine (C=N–C) groups is 1. The Morgan fingerprint density at radius 3 is 1.79 bits per heavy atom. The van der Waals surface area contributed by atoms with E-state index in [0.29, 0.717) is 0 Å². The molecule has 0 radical (unpaired) electrons. The molecular formula is C26H30N2. The van der Waals surface area contributed by atoms with Crippen molar-refractivity contribution in [1.29, 1.82) is 0 Å². The van der Waals surface area contributed by atoms with Gasteiger partial charge < -0.3 is 4.90 Å². The zero-order valence-corrected chi connectivity index (χ0v) is 17.4. The Kier molecular flexibility index (Phi) is 6.65. The summed E-state index contributed by atoms with van der Waals surface area (Å²) in [6, 6.07) is 17.7. The van der Waals surface area contributed by atoms with Crippen LogP contribution in [-0.4, -0.2) is 25.3 Å². The van der Waals surface area contributed by atoms with Gasteiger partial charge in [-0.25, -0.2) is 0 Å². The molecule has 1 aliphatic carbocycles. The summed E-state index contributed by atoms with van der Waals surface area (Å²) in [6.07, 6.45) is 8.58. The second-order valence-corrected chi connectivity index (χ2v) is 6.98. The predicted octanol–water partition coefficient (Wildman–Crippen LogP) is 6.23. The molecule has 0 fully saturated rings. The van der Waals surface area contributed by atoms with E-state index in [0.717, 1.165) is 25.3 Å². The summed E-state index contributed by atoms with van der Waals surface area (Å²) in [4.78, 5) is 6.87. The van der Waals surface area contributed by atoms with Crippen molar-refractivity contribution in [2.75, 3.05) is 24.5 Å². The van der Waals surface area contributed by atoms with Crippen molar-refractivity contribution in [2.24, 2.45) is 4.99 Å². The van der Waals surface area contributed by atoms with Crippen LogP contribution in [0, 0.1) is 6.92 Å². The normalized spacial score (nSPS) is 13.0. The first-order chi connectivity index (χ1) is 13.7. The maximum atomic E-state index is 4.50. The second-order valence-electron chi connectivity index (χ2n) is 6.98. The smallest absolute Gasteiger partial charge is 0.0574 e. The molecule has 0 N–H and O–H groups in total. The molecule has 0 bridgehead atoms. The van der Waals surface area contributed by atoms with Crippen LogP contribution < -0.4 is 4.90 Å². The average molecular weight is 371 g/mol. The first kappa shape index (κ1) is 19.9. The highest BCUT2D eigenvalue weighted by atomic mass is 15.1. The summed E-state index contributed by atoms with van der Waals surface area (Å²) in [6.45, 7) is 11.4. The summed E-state index contributed by atoms with van der Waals surface area (Å²) >= 11 is 0. The lowest BCUT2D eigenvalue weighted by atomic mass is 9.90. The van der Waals surface area contributed by atoms with Gasteiger partial charge in [-0.1, -0.05) is 54.1 Å². The maximum absolute atomic E-state index is 4.50. The minimum Gasteiger partial charge on any atom is -0.372 e. The van der Waals surface area contributed by atoms with Crippen molar-refractivity contribution >= 4 is 17.0 Å². The summed E-state index contributed by atoms with van der Waals surface area (Å²) in [7, 11) is 0. The largest absolute Gasteiger partial charge is 0.372 e. The molecule has 0 heterocycles. The van der Waals surface area contributed by atoms with Crippen LogP contribution in [0.25, 0.3) is 5.57 Å². The lowest BCUT2D eigenvalue weighted by Gasteiger charge is -2.22. The monoisotopic (exact) mass is 370 g/mol. The molecule has 144 valence electrons. The van der Waals surface area contributed by atoms with Crippen molar-refractivity contribution in [2.45, 2.75) is 27.7 Å². The van der Waals surface area contributed by atoms with Crippen LogP contribution in [-0.2, 0) is 0 Å². The molecule has 28 heavy (non-hydrogen) atoms. The van der Waals surface area contributed by atoms with Crippen molar-refractivity contribution < 1.29 is 0 Å². The molecule has 0 saturated heterocycles. The number of anilines is 1. The molecule has 2 aromatic carbocycles. The van der Waals surface area contributed by atoms with Gasteiger partial charge in [0, 0.05) is 25.3 Å². The van der Waals surface area contributed by atoms with E-state index >= 15 is 0 Å². The van der Waals surface area contributed by atoms with E-state index in [1.165, 1.54) is 33.5 Å². The van der Waals surface area contributed by atoms with Crippen LogP contribution in [0.15, 0.2) is 83.4 Å². The van der Waals surface area contributed by atoms with Gasteiger partial charge in [0.05, 0.1) is 5.71 Å². The van der Waals surface area contributed by atoms with Crippen molar-refractivity contribution in [1.82, 2.24) is 0 Å². The molecule has 3 rings (SSSR count). The van der Waals surface area contributed by atoms with Crippen LogP contribution >= 0.6 is 0 Å². The first-order valence-corrected chi connectivity index (χ1v) is 10.2. The molecule has 0 unspecified atom stereocenters. The highest BCUT2D eigenvalue weighted by Gasteiger charge is 2.12. The van der Waals surface area contributed by atoms with Gasteiger partial charge in [-0.05, 0) is 74.3 Å². The fourth-order valence-corrected chi connectivity index (χ4v) is 3.56. The highest BCUT2D eigenvalue weighted by Crippen LogP contribution is 2.31. The van der Waals surface area contributed by atoms with Crippen molar-refractivity contribution in [3.05, 3.63) is 95.1 Å². The third-order valence-electron chi connectivity index (χ3n) is 5.12. The molecule has 2 aromatic rings. The van der Waals surface area contributed by atoms with Crippen molar-refractivity contribution in [3.63, 3.8) is 0 Å². The third kappa shape index (κ3) is 4.51. The Bertz CT molecular complexity index is 888. The van der Waals surface area contributed by atoms with Gasteiger partial charge in [0.2, 0.25) is 0 Å². The molecule has 1 aliphatic rings. The van der Waals surface area contributed by atoms with E-state index in [1.54, 1.807) is 0 Å². The second kappa shape index (κ2) is 9.36. The molecule has 0 aromatic heterocycles. The Labute approximate surface area is 169 Å². The number of aryl methyl sites for hydroxylation is 1. The number of nitrogens with zero attached hydrogens (tertiary/aromatic N) is 2. The van der Waals surface area contributed by atoms with E-state index in [-0.39, 0.29) is 0 Å². The summed E-state index contributed by atoms with van der Waals surface area (Å²) in [5.74, 6) is 0. The first-order valence-electron chi connectivity index (χ1n) is 10.2. The summed E-state index contributed by atoms with van der Waals surface area (Å²) in [5, 5.41) is 0. The van der Waals surface area contributed by atoms with E-state index in [4.69, 9.17) is 0 Å². The zero-order valence-electron chi connectivity index (χ0n) is 17.4. The van der Waals surface area contributed by atoms with Crippen LogP contribution in [0.5, 0.6) is 0 Å². The molecule has 2 heteroatoms. The minimum absolute atomic E-state index is 0.806. The number of rotatable bonds is 6. The standard InChI is InChI=1S/C26H30N2/c1-5-27-24-16-12-22(13-17-24)26(21-10-8-20(4)9-11-21)23-14-18-25(19-15-23)28(6-2)7-3/h8-19H,5-7H2,1-4H3. The van der Waals surface area contributed by atoms with Gasteiger partial charge in [0.25, 0.3) is 0 Å². The van der Waals surface area contributed by atoms with Gasteiger partial charge in [-0.15, -0.1) is 0 Å². The lowest BCUT2D eigenvalue weighted by molar-refractivity contribution is 0.866. The van der Waals surface area contributed by atoms with E-state index in [9.17, 15) is 0 Å². The number of hydrogen-bond acceptors (Lipinski definition) is 2. The highest BCUT2D eigenvalue weighted by molar-refractivity contribution is 6.07. The molecule has 0 aliphatic heterocycles. The maximum Gasteiger partial charge on any atom is 0.0574 e. The van der Waals surface area contributed by atoms with E-state index in [2.05, 4.69) is 110 Å². The number of allylic oxidation sites excluding steroid dienone is 5. The van der Waals surface area contributed by atoms with Crippen LogP contribution in [0.2, 0.25) is 0 Å². The Hall–Kier alpha value is -2.87. The zero-order chi connectivity index (χ0) is 19.9. The predicted molar refractivity (Wildman–Crippen MR) is 123 cm³/mol. The van der Waals surface area contributed by atoms with Crippen LogP contribution in [0.1, 0.15) is 37.5 Å². The SMILES string of the molecule is CCN=C1C=CC(=C(c2ccc(C)cc2)c2ccc(N(CC)CC)cc2)C=C1. The summed E-state index contributed by atoms with van der Waals surface area (Å²) in [5.41, 5.74) is 8.53. The fourth-order valence-electron chi connectivity index (χ4n) is 3.56. The van der Waals surface area contributed by atoms with Crippen molar-refractivity contribution in [3.8, 4) is 0 Å². The molecule has 2 nitrogen and oxygen atoms in total. The van der Waals surface area contributed by atoms with E-state index in [1.807, 2.05) is 0 Å². The minimum atomic E-state index is 0.806. The van der Waals surface area contributed by atoms with Gasteiger partial charge in [-0.2, -0.15) is 0 Å². The van der Waals surface area contributed by atoms with Gasteiger partial charge in [0.15, 0.2) is 0 Å². The fraction of sp³-hybridized carbons (Fsp3) is 0.269. The quantitative estimate of drug-likeness (QED) is 0.588. The lowest BCUT2D eigenvalue weighted by Crippen LogP contribution is -2.21. The van der Waals surface area contributed by atoms with Gasteiger partial charge >= 0.3 is 0 Å². The molecule has 0 saturated carbocycles. The van der Waals surface area contributed by atoms with Crippen LogP contribution in [0.3, 0.4) is 0 Å². The third-order valence-corrected chi connectivity index (χ3v) is 5.12. The van der Waals surface area contributed by atoms with Gasteiger partial charge in [0.1, 0.15) is 0 Å². The Morgan fingerprint density at radius 1 is 0.750 bits per heavy atom. The van der Waals surface area contributed by atoms with Gasteiger partial charge in [-0.3, -0.25) is 4.99 Å². The molecular weight excluding hydrogens is 340 g/mol. The Morgan fingerprint density at radius 2 is 1.29 bits per heavy atom. The van der Waals surface area contributed by atoms with Crippen LogP contribution in [0.4, 0.5) is 5.69 Å².